The van der Waals surface area contributed by atoms with Gasteiger partial charge in [-0.2, -0.15) is 4.52 Å². The van der Waals surface area contributed by atoms with E-state index in [1.54, 1.807) is 6.07 Å². The summed E-state index contributed by atoms with van der Waals surface area (Å²) in [6.45, 7) is 5.41. The van der Waals surface area contributed by atoms with Crippen LogP contribution in [0.3, 0.4) is 0 Å². The summed E-state index contributed by atoms with van der Waals surface area (Å²) in [5, 5.41) is 16.7. The minimum atomic E-state index is -0.212. The Labute approximate surface area is 200 Å². The van der Waals surface area contributed by atoms with Crippen LogP contribution in [0.5, 0.6) is 5.88 Å². The third-order valence-electron chi connectivity index (χ3n) is 5.87. The lowest BCUT2D eigenvalue weighted by molar-refractivity contribution is 0.211. The second-order valence-electron chi connectivity index (χ2n) is 7.79. The predicted molar refractivity (Wildman–Crippen MR) is 130 cm³/mol. The largest absolute Gasteiger partial charge is 0.492 e. The maximum absolute atomic E-state index is 11.1. The predicted octanol–water partition coefficient (Wildman–Crippen LogP) is 5.28. The molecule has 166 valence electrons. The van der Waals surface area contributed by atoms with Crippen molar-refractivity contribution in [3.63, 3.8) is 0 Å². The van der Waals surface area contributed by atoms with E-state index in [4.69, 9.17) is 23.2 Å². The number of aromatic nitrogens is 3. The van der Waals surface area contributed by atoms with Crippen LogP contribution in [0.4, 0.5) is 5.69 Å². The number of halogens is 2. The van der Waals surface area contributed by atoms with Gasteiger partial charge in [0.1, 0.15) is 0 Å². The normalized spacial score (nSPS) is 16.0. The molecule has 0 radical (unpaired) electrons. The molecule has 0 spiro atoms. The number of aromatic hydroxyl groups is 1. The fraction of sp³-hybridized carbons (Fsp3) is 0.304. The molecule has 1 unspecified atom stereocenters. The number of rotatable bonds is 5. The average Bonchev–Trinajstić information content (AvgIpc) is 3.35. The molecule has 1 fully saturated rings. The van der Waals surface area contributed by atoms with Crippen LogP contribution in [0.2, 0.25) is 10.0 Å². The first-order chi connectivity index (χ1) is 15.5. The summed E-state index contributed by atoms with van der Waals surface area (Å²) in [6.07, 6.45) is 0.719. The van der Waals surface area contributed by atoms with Crippen molar-refractivity contribution in [3.8, 4) is 5.88 Å². The molecule has 1 aliphatic rings. The molecular weight excluding hydrogens is 465 g/mol. The molecule has 5 rings (SSSR count). The van der Waals surface area contributed by atoms with Crippen molar-refractivity contribution in [2.45, 2.75) is 19.4 Å². The molecular formula is C23H23Cl2N5OS. The third-order valence-corrected chi connectivity index (χ3v) is 7.50. The van der Waals surface area contributed by atoms with Gasteiger partial charge >= 0.3 is 0 Å². The molecule has 1 N–H and O–H groups in total. The Morgan fingerprint density at radius 3 is 2.47 bits per heavy atom. The number of hydrogen-bond acceptors (Lipinski definition) is 6. The van der Waals surface area contributed by atoms with E-state index in [0.29, 0.717) is 15.0 Å². The summed E-state index contributed by atoms with van der Waals surface area (Å²) in [7, 11) is 0. The quantitative estimate of drug-likeness (QED) is 0.415. The molecule has 1 saturated heterocycles. The molecule has 2 aromatic heterocycles. The number of hydrogen-bond donors (Lipinski definition) is 1. The van der Waals surface area contributed by atoms with Crippen molar-refractivity contribution >= 4 is 45.2 Å². The first-order valence-electron chi connectivity index (χ1n) is 10.6. The summed E-state index contributed by atoms with van der Waals surface area (Å²) < 4.78 is 1.54. The lowest BCUT2D eigenvalue weighted by atomic mass is 10.0. The number of nitrogens with zero attached hydrogens (tertiary/aromatic N) is 5. The zero-order valence-corrected chi connectivity index (χ0v) is 19.9. The molecule has 9 heteroatoms. The molecule has 0 bridgehead atoms. The van der Waals surface area contributed by atoms with Gasteiger partial charge in [-0.3, -0.25) is 4.90 Å². The Morgan fingerprint density at radius 2 is 1.81 bits per heavy atom. The number of thiazole rings is 1. The van der Waals surface area contributed by atoms with Crippen molar-refractivity contribution in [1.82, 2.24) is 19.5 Å². The Morgan fingerprint density at radius 1 is 1.06 bits per heavy atom. The van der Waals surface area contributed by atoms with Gasteiger partial charge in [0.2, 0.25) is 10.8 Å². The Kier molecular flexibility index (Phi) is 5.99. The maximum Gasteiger partial charge on any atom is 0.230 e. The van der Waals surface area contributed by atoms with E-state index in [9.17, 15) is 5.11 Å². The van der Waals surface area contributed by atoms with Crippen molar-refractivity contribution in [2.24, 2.45) is 0 Å². The third kappa shape index (κ3) is 3.94. The van der Waals surface area contributed by atoms with Gasteiger partial charge in [-0.15, -0.1) is 5.10 Å². The Hall–Kier alpha value is -2.32. The van der Waals surface area contributed by atoms with E-state index in [-0.39, 0.29) is 11.9 Å². The highest BCUT2D eigenvalue weighted by atomic mass is 35.5. The maximum atomic E-state index is 11.1. The first-order valence-corrected chi connectivity index (χ1v) is 12.2. The monoisotopic (exact) mass is 487 g/mol. The van der Waals surface area contributed by atoms with Crippen LogP contribution >= 0.6 is 34.5 Å². The van der Waals surface area contributed by atoms with Gasteiger partial charge in [-0.1, -0.05) is 65.7 Å². The van der Waals surface area contributed by atoms with Crippen LogP contribution in [-0.2, 0) is 6.42 Å². The topological polar surface area (TPSA) is 56.9 Å². The van der Waals surface area contributed by atoms with Gasteiger partial charge in [0.05, 0.1) is 10.9 Å². The smallest absolute Gasteiger partial charge is 0.230 e. The molecule has 4 aromatic rings. The van der Waals surface area contributed by atoms with Crippen LogP contribution < -0.4 is 4.90 Å². The van der Waals surface area contributed by atoms with Gasteiger partial charge in [-0.05, 0) is 29.8 Å². The highest BCUT2D eigenvalue weighted by Crippen LogP contribution is 2.43. The van der Waals surface area contributed by atoms with E-state index < -0.39 is 0 Å². The molecule has 0 saturated carbocycles. The number of benzene rings is 2. The van der Waals surface area contributed by atoms with Crippen molar-refractivity contribution < 1.29 is 5.11 Å². The highest BCUT2D eigenvalue weighted by molar-refractivity contribution is 7.17. The number of aryl methyl sites for hydroxylation is 1. The van der Waals surface area contributed by atoms with Crippen LogP contribution in [0, 0.1) is 0 Å². The fourth-order valence-corrected chi connectivity index (χ4v) is 5.86. The minimum Gasteiger partial charge on any atom is -0.492 e. The number of anilines is 1. The van der Waals surface area contributed by atoms with Crippen LogP contribution in [0.1, 0.15) is 29.2 Å². The molecule has 2 aromatic carbocycles. The van der Waals surface area contributed by atoms with Gasteiger partial charge in [0.15, 0.2) is 5.82 Å². The zero-order chi connectivity index (χ0) is 22.2. The Balaban J connectivity index is 1.51. The van der Waals surface area contributed by atoms with Gasteiger partial charge < -0.3 is 10.0 Å². The van der Waals surface area contributed by atoms with Gasteiger partial charge in [-0.25, -0.2) is 4.98 Å². The molecule has 0 amide bonds. The number of piperazine rings is 1. The molecule has 32 heavy (non-hydrogen) atoms. The summed E-state index contributed by atoms with van der Waals surface area (Å²) in [4.78, 5) is 10.8. The van der Waals surface area contributed by atoms with Crippen LogP contribution in [0.15, 0.2) is 48.5 Å². The van der Waals surface area contributed by atoms with Gasteiger partial charge in [0, 0.05) is 48.3 Å². The fourth-order valence-electron chi connectivity index (χ4n) is 4.22. The van der Waals surface area contributed by atoms with Crippen molar-refractivity contribution in [3.05, 3.63) is 74.8 Å². The standard InChI is InChI=1S/C23H23Cl2N5OS/c1-2-19-26-23-30(27-19)22(31)21(32-23)20(17-9-8-15(24)14-18(17)25)29-12-10-28(11-13-29)16-6-4-3-5-7-16/h3-9,14,20,31H,2,10-13H2,1H3. The summed E-state index contributed by atoms with van der Waals surface area (Å²) in [6, 6.07) is 15.8. The lowest BCUT2D eigenvalue weighted by Crippen LogP contribution is -2.47. The van der Waals surface area contributed by atoms with Crippen LogP contribution in [0.25, 0.3) is 4.96 Å². The van der Waals surface area contributed by atoms with E-state index >= 15 is 0 Å². The van der Waals surface area contributed by atoms with E-state index in [2.05, 4.69) is 44.1 Å². The molecule has 6 nitrogen and oxygen atoms in total. The van der Waals surface area contributed by atoms with Gasteiger partial charge in [0.25, 0.3) is 0 Å². The van der Waals surface area contributed by atoms with Crippen LogP contribution in [-0.4, -0.2) is 50.8 Å². The van der Waals surface area contributed by atoms with E-state index in [1.807, 2.05) is 25.1 Å². The van der Waals surface area contributed by atoms with E-state index in [0.717, 1.165) is 48.9 Å². The Bertz CT molecular complexity index is 1230. The summed E-state index contributed by atoms with van der Waals surface area (Å²) in [5.41, 5.74) is 2.14. The van der Waals surface area contributed by atoms with Crippen molar-refractivity contribution in [2.75, 3.05) is 31.1 Å². The lowest BCUT2D eigenvalue weighted by Gasteiger charge is -2.40. The summed E-state index contributed by atoms with van der Waals surface area (Å²) in [5.74, 6) is 0.842. The average molecular weight is 488 g/mol. The number of fused-ring (bicyclic) bond motifs is 1. The second kappa shape index (κ2) is 8.90. The second-order valence-corrected chi connectivity index (χ2v) is 9.65. The molecule has 0 aliphatic carbocycles. The number of para-hydroxylation sites is 1. The molecule has 1 atom stereocenters. The first kappa shape index (κ1) is 21.5. The van der Waals surface area contributed by atoms with Crippen molar-refractivity contribution in [1.29, 1.82) is 0 Å². The minimum absolute atomic E-state index is 0.124. The molecule has 1 aliphatic heterocycles. The zero-order valence-electron chi connectivity index (χ0n) is 17.6. The summed E-state index contributed by atoms with van der Waals surface area (Å²) >= 11 is 14.3. The molecule has 3 heterocycles. The highest BCUT2D eigenvalue weighted by Gasteiger charge is 2.33. The van der Waals surface area contributed by atoms with E-state index in [1.165, 1.54) is 21.5 Å². The SMILES string of the molecule is CCc1nc2sc(C(c3ccc(Cl)cc3Cl)N3CCN(c4ccccc4)CC3)c(O)n2n1.